The highest BCUT2D eigenvalue weighted by atomic mass is 15.2. The van der Waals surface area contributed by atoms with Gasteiger partial charge in [-0.3, -0.25) is 0 Å². The highest BCUT2D eigenvalue weighted by Crippen LogP contribution is 2.32. The molecule has 1 unspecified atom stereocenters. The van der Waals surface area contributed by atoms with Gasteiger partial charge in [0, 0.05) is 5.54 Å². The van der Waals surface area contributed by atoms with Crippen molar-refractivity contribution in [2.24, 2.45) is 5.41 Å². The first-order valence-electron chi connectivity index (χ1n) is 5.46. The van der Waals surface area contributed by atoms with E-state index in [0.717, 1.165) is 6.54 Å². The van der Waals surface area contributed by atoms with Crippen LogP contribution in [0.2, 0.25) is 0 Å². The lowest BCUT2D eigenvalue weighted by Crippen LogP contribution is -2.45. The van der Waals surface area contributed by atoms with Gasteiger partial charge in [-0.1, -0.05) is 34.6 Å². The second-order valence-electron chi connectivity index (χ2n) is 5.60. The van der Waals surface area contributed by atoms with Crippen LogP contribution in [0.4, 0.5) is 0 Å². The summed E-state index contributed by atoms with van der Waals surface area (Å²) in [5, 5.41) is 0. The highest BCUT2D eigenvalue weighted by molar-refractivity contribution is 4.87. The molecule has 0 fully saturated rings. The Kier molecular flexibility index (Phi) is 4.44. The SMILES string of the molecule is CCN(C)C(C)(CC)CC(C)(C)C. The van der Waals surface area contributed by atoms with E-state index in [1.807, 2.05) is 0 Å². The maximum Gasteiger partial charge on any atom is 0.0180 e. The molecule has 1 atom stereocenters. The van der Waals surface area contributed by atoms with Gasteiger partial charge < -0.3 is 4.90 Å². The summed E-state index contributed by atoms with van der Waals surface area (Å²) < 4.78 is 0. The first-order chi connectivity index (χ1) is 5.75. The van der Waals surface area contributed by atoms with Crippen molar-refractivity contribution in [1.82, 2.24) is 4.90 Å². The summed E-state index contributed by atoms with van der Waals surface area (Å²) in [6, 6.07) is 0. The fourth-order valence-corrected chi connectivity index (χ4v) is 2.05. The average Bonchev–Trinajstić information content (AvgIpc) is 1.99. The summed E-state index contributed by atoms with van der Waals surface area (Å²) in [5.74, 6) is 0. The molecule has 1 heteroatoms. The minimum absolute atomic E-state index is 0.368. The van der Waals surface area contributed by atoms with E-state index in [9.17, 15) is 0 Å². The number of hydrogen-bond donors (Lipinski definition) is 0. The lowest BCUT2D eigenvalue weighted by Gasteiger charge is -2.42. The fourth-order valence-electron chi connectivity index (χ4n) is 2.05. The fraction of sp³-hybridized carbons (Fsp3) is 1.00. The predicted octanol–water partition coefficient (Wildman–Crippen LogP) is 3.54. The number of hydrogen-bond acceptors (Lipinski definition) is 1. The second kappa shape index (κ2) is 4.45. The molecule has 0 spiro atoms. The van der Waals surface area contributed by atoms with Crippen LogP contribution in [0.15, 0.2) is 0 Å². The van der Waals surface area contributed by atoms with Crippen molar-refractivity contribution in [1.29, 1.82) is 0 Å². The summed E-state index contributed by atoms with van der Waals surface area (Å²) in [6.07, 6.45) is 2.50. The van der Waals surface area contributed by atoms with Crippen molar-refractivity contribution in [3.8, 4) is 0 Å². The Morgan fingerprint density at radius 1 is 1.00 bits per heavy atom. The van der Waals surface area contributed by atoms with Crippen LogP contribution in [0.1, 0.15) is 54.4 Å². The van der Waals surface area contributed by atoms with Gasteiger partial charge in [0.25, 0.3) is 0 Å². The minimum atomic E-state index is 0.368. The standard InChI is InChI=1S/C12H27N/c1-8-12(6,13(7)9-2)10-11(3,4)5/h8-10H2,1-7H3. The molecule has 0 rings (SSSR count). The molecule has 0 radical (unpaired) electrons. The van der Waals surface area contributed by atoms with E-state index in [1.165, 1.54) is 12.8 Å². The van der Waals surface area contributed by atoms with Crippen LogP contribution >= 0.6 is 0 Å². The molecule has 0 heterocycles. The first-order valence-corrected chi connectivity index (χ1v) is 5.46. The van der Waals surface area contributed by atoms with E-state index in [-0.39, 0.29) is 0 Å². The summed E-state index contributed by atoms with van der Waals surface area (Å²) in [7, 11) is 2.23. The lowest BCUT2D eigenvalue weighted by atomic mass is 9.78. The Hall–Kier alpha value is -0.0400. The second-order valence-corrected chi connectivity index (χ2v) is 5.60. The maximum absolute atomic E-state index is 2.47. The molecule has 0 aliphatic heterocycles. The molecule has 0 aromatic heterocycles. The summed E-state index contributed by atoms with van der Waals surface area (Å²) in [4.78, 5) is 2.47. The first kappa shape index (κ1) is 13.0. The molecule has 0 aromatic rings. The molecular formula is C12H27N. The zero-order valence-corrected chi connectivity index (χ0v) is 10.6. The van der Waals surface area contributed by atoms with E-state index in [4.69, 9.17) is 0 Å². The van der Waals surface area contributed by atoms with Crippen molar-refractivity contribution in [2.45, 2.75) is 59.9 Å². The Morgan fingerprint density at radius 3 is 1.69 bits per heavy atom. The van der Waals surface area contributed by atoms with Crippen LogP contribution in [0.25, 0.3) is 0 Å². The smallest absolute Gasteiger partial charge is 0.0180 e. The van der Waals surface area contributed by atoms with Crippen molar-refractivity contribution < 1.29 is 0 Å². The molecule has 1 nitrogen and oxygen atoms in total. The highest BCUT2D eigenvalue weighted by Gasteiger charge is 2.31. The molecule has 80 valence electrons. The molecular weight excluding hydrogens is 158 g/mol. The van der Waals surface area contributed by atoms with Crippen molar-refractivity contribution in [2.75, 3.05) is 13.6 Å². The normalized spacial score (nSPS) is 17.5. The van der Waals surface area contributed by atoms with E-state index < -0.39 is 0 Å². The van der Waals surface area contributed by atoms with Crippen LogP contribution in [0.3, 0.4) is 0 Å². The molecule has 0 aromatic carbocycles. The predicted molar refractivity (Wildman–Crippen MR) is 61.1 cm³/mol. The molecule has 0 saturated carbocycles. The summed E-state index contributed by atoms with van der Waals surface area (Å²) in [5.41, 5.74) is 0.793. The molecule has 0 aliphatic carbocycles. The quantitative estimate of drug-likeness (QED) is 0.647. The van der Waals surface area contributed by atoms with Crippen molar-refractivity contribution in [3.63, 3.8) is 0 Å². The number of rotatable bonds is 4. The largest absolute Gasteiger partial charge is 0.301 e. The van der Waals surface area contributed by atoms with Crippen LogP contribution in [-0.4, -0.2) is 24.0 Å². The van der Waals surface area contributed by atoms with Gasteiger partial charge in [-0.2, -0.15) is 0 Å². The van der Waals surface area contributed by atoms with Gasteiger partial charge in [-0.05, 0) is 38.8 Å². The lowest BCUT2D eigenvalue weighted by molar-refractivity contribution is 0.0877. The zero-order valence-electron chi connectivity index (χ0n) is 10.6. The third-order valence-corrected chi connectivity index (χ3v) is 3.07. The topological polar surface area (TPSA) is 3.24 Å². The van der Waals surface area contributed by atoms with Gasteiger partial charge in [0.1, 0.15) is 0 Å². The third-order valence-electron chi connectivity index (χ3n) is 3.07. The van der Waals surface area contributed by atoms with Crippen LogP contribution < -0.4 is 0 Å². The van der Waals surface area contributed by atoms with Gasteiger partial charge in [-0.25, -0.2) is 0 Å². The molecule has 0 N–H and O–H groups in total. The third kappa shape index (κ3) is 4.12. The molecule has 13 heavy (non-hydrogen) atoms. The number of nitrogens with zero attached hydrogens (tertiary/aromatic N) is 1. The van der Waals surface area contributed by atoms with E-state index in [2.05, 4.69) is 53.5 Å². The average molecular weight is 185 g/mol. The van der Waals surface area contributed by atoms with Gasteiger partial charge in [0.05, 0.1) is 0 Å². The van der Waals surface area contributed by atoms with E-state index >= 15 is 0 Å². The Bertz CT molecular complexity index is 146. The monoisotopic (exact) mass is 185 g/mol. The van der Waals surface area contributed by atoms with Crippen molar-refractivity contribution in [3.05, 3.63) is 0 Å². The molecule has 0 bridgehead atoms. The van der Waals surface area contributed by atoms with Crippen molar-refractivity contribution >= 4 is 0 Å². The summed E-state index contributed by atoms with van der Waals surface area (Å²) >= 11 is 0. The van der Waals surface area contributed by atoms with Gasteiger partial charge >= 0.3 is 0 Å². The van der Waals surface area contributed by atoms with E-state index in [0.29, 0.717) is 11.0 Å². The van der Waals surface area contributed by atoms with Gasteiger partial charge in [0.2, 0.25) is 0 Å². The van der Waals surface area contributed by atoms with E-state index in [1.54, 1.807) is 0 Å². The molecule has 0 aliphatic rings. The maximum atomic E-state index is 2.47. The van der Waals surface area contributed by atoms with Crippen LogP contribution in [-0.2, 0) is 0 Å². The molecule has 0 amide bonds. The van der Waals surface area contributed by atoms with Gasteiger partial charge in [-0.15, -0.1) is 0 Å². The Labute approximate surface area is 84.5 Å². The summed E-state index contributed by atoms with van der Waals surface area (Å²) in [6.45, 7) is 15.0. The molecule has 0 saturated heterocycles. The van der Waals surface area contributed by atoms with Crippen LogP contribution in [0, 0.1) is 5.41 Å². The Morgan fingerprint density at radius 2 is 1.46 bits per heavy atom. The minimum Gasteiger partial charge on any atom is -0.301 e. The Balaban J connectivity index is 4.45. The van der Waals surface area contributed by atoms with Gasteiger partial charge in [0.15, 0.2) is 0 Å². The van der Waals surface area contributed by atoms with Crippen LogP contribution in [0.5, 0.6) is 0 Å². The zero-order chi connectivity index (χ0) is 10.7.